The standard InChI is InChI=1S/C8H7ClN6/c9-7-3-1-6(2-4-7)5-11-15-8(10)12-13-14-15/h1-5H,(H2,10,12,14)/b11-5+. The van der Waals surface area contributed by atoms with Crippen LogP contribution in [0.1, 0.15) is 5.56 Å². The van der Waals surface area contributed by atoms with E-state index < -0.39 is 0 Å². The van der Waals surface area contributed by atoms with Crippen molar-refractivity contribution in [3.63, 3.8) is 0 Å². The number of tetrazole rings is 1. The molecule has 0 atom stereocenters. The van der Waals surface area contributed by atoms with Crippen molar-refractivity contribution in [1.82, 2.24) is 20.3 Å². The van der Waals surface area contributed by atoms with Crippen molar-refractivity contribution in [2.75, 3.05) is 5.73 Å². The van der Waals surface area contributed by atoms with Gasteiger partial charge in [-0.15, -0.1) is 0 Å². The van der Waals surface area contributed by atoms with Gasteiger partial charge in [-0.05, 0) is 28.1 Å². The van der Waals surface area contributed by atoms with Gasteiger partial charge >= 0.3 is 0 Å². The van der Waals surface area contributed by atoms with E-state index >= 15 is 0 Å². The summed E-state index contributed by atoms with van der Waals surface area (Å²) in [6.07, 6.45) is 1.59. The van der Waals surface area contributed by atoms with E-state index in [1.165, 1.54) is 0 Å². The fourth-order valence-electron chi connectivity index (χ4n) is 0.942. The zero-order valence-electron chi connectivity index (χ0n) is 7.58. The van der Waals surface area contributed by atoms with Crippen LogP contribution in [0.3, 0.4) is 0 Å². The molecule has 2 N–H and O–H groups in total. The molecule has 15 heavy (non-hydrogen) atoms. The molecule has 1 heterocycles. The van der Waals surface area contributed by atoms with Crippen LogP contribution >= 0.6 is 11.6 Å². The van der Waals surface area contributed by atoms with Gasteiger partial charge in [-0.2, -0.15) is 5.10 Å². The van der Waals surface area contributed by atoms with Crippen molar-refractivity contribution in [1.29, 1.82) is 0 Å². The predicted molar refractivity (Wildman–Crippen MR) is 56.7 cm³/mol. The average molecular weight is 223 g/mol. The number of benzene rings is 1. The number of hydrogen-bond donors (Lipinski definition) is 1. The fourth-order valence-corrected chi connectivity index (χ4v) is 1.07. The summed E-state index contributed by atoms with van der Waals surface area (Å²) >= 11 is 5.73. The lowest BCUT2D eigenvalue weighted by molar-refractivity contribution is 0.699. The highest BCUT2D eigenvalue weighted by molar-refractivity contribution is 6.30. The lowest BCUT2D eigenvalue weighted by Gasteiger charge is -1.93. The number of nitrogens with zero attached hydrogens (tertiary/aromatic N) is 5. The highest BCUT2D eigenvalue weighted by Gasteiger charge is 1.96. The zero-order valence-corrected chi connectivity index (χ0v) is 8.33. The number of hydrogen-bond acceptors (Lipinski definition) is 5. The monoisotopic (exact) mass is 222 g/mol. The third-order valence-electron chi connectivity index (χ3n) is 1.66. The van der Waals surface area contributed by atoms with E-state index in [9.17, 15) is 0 Å². The molecule has 76 valence electrons. The van der Waals surface area contributed by atoms with Crippen molar-refractivity contribution in [3.8, 4) is 0 Å². The van der Waals surface area contributed by atoms with Gasteiger partial charge in [0.2, 0.25) is 0 Å². The number of nitrogens with two attached hydrogens (primary N) is 1. The molecule has 0 saturated carbocycles. The van der Waals surface area contributed by atoms with E-state index in [2.05, 4.69) is 20.6 Å². The summed E-state index contributed by atoms with van der Waals surface area (Å²) in [5.74, 6) is 0.139. The van der Waals surface area contributed by atoms with Gasteiger partial charge < -0.3 is 5.73 Å². The molecule has 2 rings (SSSR count). The molecule has 0 spiro atoms. The molecule has 0 amide bonds. The first-order valence-corrected chi connectivity index (χ1v) is 4.47. The molecule has 0 aliphatic heterocycles. The molecule has 0 radical (unpaired) electrons. The smallest absolute Gasteiger partial charge is 0.263 e. The minimum absolute atomic E-state index is 0.139. The second kappa shape index (κ2) is 4.05. The summed E-state index contributed by atoms with van der Waals surface area (Å²) in [5.41, 5.74) is 6.30. The first kappa shape index (κ1) is 9.60. The van der Waals surface area contributed by atoms with Crippen LogP contribution in [0.2, 0.25) is 5.02 Å². The normalized spacial score (nSPS) is 11.0. The van der Waals surface area contributed by atoms with E-state index in [-0.39, 0.29) is 5.95 Å². The maximum absolute atomic E-state index is 5.73. The molecular weight excluding hydrogens is 216 g/mol. The summed E-state index contributed by atoms with van der Waals surface area (Å²) in [6, 6.07) is 7.19. The SMILES string of the molecule is Nc1nnnn1/N=C/c1ccc(Cl)cc1. The third-order valence-corrected chi connectivity index (χ3v) is 1.91. The Morgan fingerprint density at radius 1 is 1.33 bits per heavy atom. The molecule has 1 aromatic heterocycles. The highest BCUT2D eigenvalue weighted by Crippen LogP contribution is 2.07. The van der Waals surface area contributed by atoms with Gasteiger partial charge in [-0.3, -0.25) is 0 Å². The number of nitrogen functional groups attached to an aromatic ring is 1. The molecule has 0 saturated heterocycles. The fraction of sp³-hybridized carbons (Fsp3) is 0. The van der Waals surface area contributed by atoms with Crippen molar-refractivity contribution in [3.05, 3.63) is 34.9 Å². The van der Waals surface area contributed by atoms with Crippen LogP contribution in [0.5, 0.6) is 0 Å². The van der Waals surface area contributed by atoms with Crippen LogP contribution in [0.4, 0.5) is 5.95 Å². The van der Waals surface area contributed by atoms with Crippen LogP contribution in [-0.4, -0.2) is 26.5 Å². The molecule has 0 bridgehead atoms. The van der Waals surface area contributed by atoms with Gasteiger partial charge in [0, 0.05) is 5.02 Å². The topological polar surface area (TPSA) is 82.0 Å². The Labute approximate surface area is 90.3 Å². The Kier molecular flexibility index (Phi) is 2.59. The van der Waals surface area contributed by atoms with Crippen LogP contribution in [0, 0.1) is 0 Å². The van der Waals surface area contributed by atoms with Gasteiger partial charge in [0.25, 0.3) is 5.95 Å². The number of anilines is 1. The Bertz CT molecular complexity index is 474. The number of rotatable bonds is 2. The van der Waals surface area contributed by atoms with Crippen molar-refractivity contribution in [2.24, 2.45) is 5.10 Å². The van der Waals surface area contributed by atoms with Crippen LogP contribution < -0.4 is 5.73 Å². The molecule has 7 heteroatoms. The molecule has 0 aliphatic carbocycles. The molecule has 2 aromatic rings. The third kappa shape index (κ3) is 2.29. The van der Waals surface area contributed by atoms with Crippen molar-refractivity contribution in [2.45, 2.75) is 0 Å². The van der Waals surface area contributed by atoms with Gasteiger partial charge in [-0.25, -0.2) is 0 Å². The predicted octanol–water partition coefficient (Wildman–Crippen LogP) is 0.791. The Hall–Kier alpha value is -1.95. The molecular formula is C8H7ClN6. The molecule has 0 unspecified atom stereocenters. The molecule has 0 fully saturated rings. The van der Waals surface area contributed by atoms with E-state index in [1.807, 2.05) is 12.1 Å². The summed E-state index contributed by atoms with van der Waals surface area (Å²) in [5, 5.41) is 15.0. The average Bonchev–Trinajstić information content (AvgIpc) is 2.63. The Balaban J connectivity index is 2.19. The second-order valence-electron chi connectivity index (χ2n) is 2.72. The van der Waals surface area contributed by atoms with E-state index in [4.69, 9.17) is 17.3 Å². The molecule has 1 aromatic carbocycles. The van der Waals surface area contributed by atoms with Crippen molar-refractivity contribution < 1.29 is 0 Å². The van der Waals surface area contributed by atoms with E-state index in [0.717, 1.165) is 10.4 Å². The van der Waals surface area contributed by atoms with E-state index in [1.54, 1.807) is 18.3 Å². The van der Waals surface area contributed by atoms with Crippen LogP contribution in [-0.2, 0) is 0 Å². The Morgan fingerprint density at radius 2 is 2.07 bits per heavy atom. The first-order valence-electron chi connectivity index (χ1n) is 4.09. The first-order chi connectivity index (χ1) is 7.25. The van der Waals surface area contributed by atoms with Gasteiger partial charge in [0.1, 0.15) is 0 Å². The van der Waals surface area contributed by atoms with Crippen LogP contribution in [0.25, 0.3) is 0 Å². The summed E-state index contributed by atoms with van der Waals surface area (Å²) in [7, 11) is 0. The minimum atomic E-state index is 0.139. The van der Waals surface area contributed by atoms with Gasteiger partial charge in [0.15, 0.2) is 0 Å². The maximum atomic E-state index is 5.73. The summed E-state index contributed by atoms with van der Waals surface area (Å²) in [6.45, 7) is 0. The van der Waals surface area contributed by atoms with Gasteiger partial charge in [0.05, 0.1) is 6.21 Å². The number of aromatic nitrogens is 4. The lowest BCUT2D eigenvalue weighted by Crippen LogP contribution is -1.99. The largest absolute Gasteiger partial charge is 0.365 e. The molecule has 0 aliphatic rings. The minimum Gasteiger partial charge on any atom is -0.365 e. The summed E-state index contributed by atoms with van der Waals surface area (Å²) < 4.78 is 0. The summed E-state index contributed by atoms with van der Waals surface area (Å²) in [4.78, 5) is 1.13. The second-order valence-corrected chi connectivity index (χ2v) is 3.16. The molecule has 6 nitrogen and oxygen atoms in total. The van der Waals surface area contributed by atoms with Crippen LogP contribution in [0.15, 0.2) is 29.4 Å². The van der Waals surface area contributed by atoms with Crippen molar-refractivity contribution >= 4 is 23.8 Å². The highest BCUT2D eigenvalue weighted by atomic mass is 35.5. The lowest BCUT2D eigenvalue weighted by atomic mass is 10.2. The van der Waals surface area contributed by atoms with Gasteiger partial charge in [-0.1, -0.05) is 33.6 Å². The van der Waals surface area contributed by atoms with E-state index in [0.29, 0.717) is 5.02 Å². The maximum Gasteiger partial charge on any atom is 0.263 e. The quantitative estimate of drug-likeness (QED) is 0.762. The zero-order chi connectivity index (χ0) is 10.7. The number of halogens is 1. The Morgan fingerprint density at radius 3 is 2.67 bits per heavy atom.